The van der Waals surface area contributed by atoms with Crippen LogP contribution in [0.2, 0.25) is 0 Å². The van der Waals surface area contributed by atoms with Gasteiger partial charge in [-0.15, -0.1) is 0 Å². The highest BCUT2D eigenvalue weighted by Crippen LogP contribution is 2.65. The van der Waals surface area contributed by atoms with Gasteiger partial charge in [0, 0.05) is 0 Å². The van der Waals surface area contributed by atoms with Crippen LogP contribution in [0, 0.1) is 130 Å². The average Bonchev–Trinajstić information content (AvgIpc) is 3.28. The first-order valence-electron chi connectivity index (χ1n) is 18.7. The second-order valence-corrected chi connectivity index (χ2v) is 17.9. The molecule has 0 nitrogen and oxygen atoms in total. The van der Waals surface area contributed by atoms with E-state index in [4.69, 9.17) is 0 Å². The lowest BCUT2D eigenvalue weighted by Gasteiger charge is -2.55. The third-order valence-electron chi connectivity index (χ3n) is 17.4. The second kappa shape index (κ2) is 12.6. The highest BCUT2D eigenvalue weighted by molar-refractivity contribution is 5.12. The first kappa shape index (κ1) is 33.6. The largest absolute Gasteiger partial charge is 0.0914 e. The van der Waals surface area contributed by atoms with E-state index in [-0.39, 0.29) is 0 Å². The third-order valence-corrected chi connectivity index (χ3v) is 17.4. The van der Waals surface area contributed by atoms with Gasteiger partial charge < -0.3 is 0 Å². The van der Waals surface area contributed by atoms with E-state index >= 15 is 0 Å². The summed E-state index contributed by atoms with van der Waals surface area (Å²) in [5.74, 6) is 18.3. The molecule has 0 aromatic rings. The molecule has 0 aromatic heterocycles. The van der Waals surface area contributed by atoms with Crippen molar-refractivity contribution in [2.45, 2.75) is 117 Å². The van der Waals surface area contributed by atoms with E-state index in [0.717, 1.165) is 130 Å². The Kier molecular flexibility index (Phi) is 10.4. The summed E-state index contributed by atoms with van der Waals surface area (Å²) in [5.41, 5.74) is 0. The lowest BCUT2D eigenvalue weighted by Crippen LogP contribution is -2.50. The summed E-state index contributed by atoms with van der Waals surface area (Å²) in [6, 6.07) is 0. The monoisotopic (exact) mass is 567 g/mol. The fraction of sp³-hybridized carbons (Fsp3) is 0.951. The van der Waals surface area contributed by atoms with E-state index in [2.05, 4.69) is 123 Å². The van der Waals surface area contributed by atoms with Crippen LogP contribution in [0.3, 0.4) is 0 Å². The number of allylic oxidation sites excluding steroid dienone is 2. The molecule has 0 heterocycles. The van der Waals surface area contributed by atoms with Crippen LogP contribution in [0.5, 0.6) is 0 Å². The van der Waals surface area contributed by atoms with E-state index in [0.29, 0.717) is 0 Å². The molecule has 4 saturated carbocycles. The molecule has 238 valence electrons. The van der Waals surface area contributed by atoms with E-state index in [1.807, 2.05) is 0 Å². The zero-order chi connectivity index (χ0) is 30.8. The van der Waals surface area contributed by atoms with Crippen LogP contribution in [0.15, 0.2) is 12.2 Å². The first-order chi connectivity index (χ1) is 19.1. The van der Waals surface area contributed by atoms with Crippen LogP contribution < -0.4 is 0 Å². The molecule has 0 radical (unpaired) electrons. The maximum Gasteiger partial charge on any atom is -0.0168 e. The first-order valence-corrected chi connectivity index (χ1v) is 18.7. The molecule has 0 N–H and O–H groups in total. The molecule has 0 bridgehead atoms. The molecule has 16 unspecified atom stereocenters. The van der Waals surface area contributed by atoms with Gasteiger partial charge in [-0.05, 0) is 144 Å². The van der Waals surface area contributed by atoms with E-state index < -0.39 is 0 Å². The Labute approximate surface area is 259 Å². The van der Waals surface area contributed by atoms with Crippen molar-refractivity contribution in [2.24, 2.45) is 130 Å². The van der Waals surface area contributed by atoms with Crippen molar-refractivity contribution in [3.05, 3.63) is 12.2 Å². The van der Waals surface area contributed by atoms with E-state index in [1.54, 1.807) is 0 Å². The van der Waals surface area contributed by atoms with Crippen LogP contribution in [0.4, 0.5) is 0 Å². The summed E-state index contributed by atoms with van der Waals surface area (Å²) < 4.78 is 0. The molecule has 41 heavy (non-hydrogen) atoms. The Balaban J connectivity index is 1.87. The van der Waals surface area contributed by atoms with Gasteiger partial charge in [0.25, 0.3) is 0 Å². The molecular weight excluding hydrogens is 492 g/mol. The highest BCUT2D eigenvalue weighted by atomic mass is 14.6. The Bertz CT molecular complexity index is 836. The quantitative estimate of drug-likeness (QED) is 0.297. The molecule has 16 atom stereocenters. The third kappa shape index (κ3) is 5.36. The predicted molar refractivity (Wildman–Crippen MR) is 181 cm³/mol. The van der Waals surface area contributed by atoms with Gasteiger partial charge >= 0.3 is 0 Å². The SMILES string of the molecule is CC=CC1C(C2C(C)C(C)C(C)C(C)C2C)CC(C2C(C)C(C)C(C)C(C)C2C)C1C1C(C)C(C)C(C)C(C)C1C. The summed E-state index contributed by atoms with van der Waals surface area (Å²) in [7, 11) is 0. The highest BCUT2D eigenvalue weighted by Gasteiger charge is 2.59. The standard InChI is InChI=1S/C41H74/c1-17-18-35-36(38-29(11)23(5)20(2)24(6)30(38)12)19-37(39-31(13)25(7)21(3)26(8)32(39)14)41(35)40-33(15)27(9)22(4)28(10)34(40)16/h17-18,20-41H,19H2,1-16H3. The Morgan fingerprint density at radius 2 is 0.585 bits per heavy atom. The molecule has 0 spiro atoms. The Hall–Kier alpha value is -0.260. The van der Waals surface area contributed by atoms with Crippen molar-refractivity contribution >= 4 is 0 Å². The molecule has 4 rings (SSSR count). The normalized spacial score (nSPS) is 60.5. The smallest absolute Gasteiger partial charge is 0.0168 e. The van der Waals surface area contributed by atoms with Gasteiger partial charge in [-0.1, -0.05) is 116 Å². The van der Waals surface area contributed by atoms with Gasteiger partial charge in [-0.25, -0.2) is 0 Å². The van der Waals surface area contributed by atoms with Crippen molar-refractivity contribution in [1.82, 2.24) is 0 Å². The fourth-order valence-corrected chi connectivity index (χ4v) is 13.2. The van der Waals surface area contributed by atoms with Crippen molar-refractivity contribution < 1.29 is 0 Å². The summed E-state index contributed by atoms with van der Waals surface area (Å²) in [6.45, 7) is 41.8. The molecule has 0 aromatic carbocycles. The molecule has 0 amide bonds. The predicted octanol–water partition coefficient (Wildman–Crippen LogP) is 11.9. The number of hydrogen-bond acceptors (Lipinski definition) is 0. The minimum Gasteiger partial charge on any atom is -0.0914 e. The molecule has 4 aliphatic carbocycles. The van der Waals surface area contributed by atoms with Crippen molar-refractivity contribution in [2.75, 3.05) is 0 Å². The van der Waals surface area contributed by atoms with Gasteiger partial charge in [-0.2, -0.15) is 0 Å². The molecule has 4 aliphatic rings. The molecule has 0 saturated heterocycles. The summed E-state index contributed by atoms with van der Waals surface area (Å²) in [5, 5.41) is 0. The van der Waals surface area contributed by atoms with Crippen LogP contribution in [-0.2, 0) is 0 Å². The van der Waals surface area contributed by atoms with Gasteiger partial charge in [0.2, 0.25) is 0 Å². The minimum atomic E-state index is 0.750. The van der Waals surface area contributed by atoms with E-state index in [9.17, 15) is 0 Å². The van der Waals surface area contributed by atoms with Gasteiger partial charge in [0.1, 0.15) is 0 Å². The van der Waals surface area contributed by atoms with Crippen LogP contribution in [0.1, 0.15) is 117 Å². The molecular formula is C41H74. The lowest BCUT2D eigenvalue weighted by molar-refractivity contribution is -0.0718. The minimum absolute atomic E-state index is 0.750. The molecule has 0 heteroatoms. The number of rotatable bonds is 4. The van der Waals surface area contributed by atoms with Gasteiger partial charge in [-0.3, -0.25) is 0 Å². The topological polar surface area (TPSA) is 0 Å². The Morgan fingerprint density at radius 3 is 0.902 bits per heavy atom. The molecule has 0 aliphatic heterocycles. The van der Waals surface area contributed by atoms with Gasteiger partial charge in [0.15, 0.2) is 0 Å². The Morgan fingerprint density at radius 1 is 0.317 bits per heavy atom. The van der Waals surface area contributed by atoms with Crippen LogP contribution >= 0.6 is 0 Å². The maximum absolute atomic E-state index is 2.78. The van der Waals surface area contributed by atoms with Crippen molar-refractivity contribution in [1.29, 1.82) is 0 Å². The van der Waals surface area contributed by atoms with Gasteiger partial charge in [0.05, 0.1) is 0 Å². The fourth-order valence-electron chi connectivity index (χ4n) is 13.2. The van der Waals surface area contributed by atoms with E-state index in [1.165, 1.54) is 6.42 Å². The summed E-state index contributed by atoms with van der Waals surface area (Å²) in [6.07, 6.45) is 6.76. The van der Waals surface area contributed by atoms with Crippen molar-refractivity contribution in [3.63, 3.8) is 0 Å². The molecule has 4 fully saturated rings. The van der Waals surface area contributed by atoms with Crippen molar-refractivity contribution in [3.8, 4) is 0 Å². The average molecular weight is 567 g/mol. The number of hydrogen-bond donors (Lipinski definition) is 0. The van der Waals surface area contributed by atoms with Crippen LogP contribution in [0.25, 0.3) is 0 Å². The zero-order valence-corrected chi connectivity index (χ0v) is 30.6. The summed E-state index contributed by atoms with van der Waals surface area (Å²) in [4.78, 5) is 0. The van der Waals surface area contributed by atoms with Crippen LogP contribution in [-0.4, -0.2) is 0 Å². The second-order valence-electron chi connectivity index (χ2n) is 17.9. The summed E-state index contributed by atoms with van der Waals surface area (Å²) >= 11 is 0. The lowest BCUT2D eigenvalue weighted by atomic mass is 9.50. The zero-order valence-electron chi connectivity index (χ0n) is 30.6. The maximum atomic E-state index is 2.78.